The lowest BCUT2D eigenvalue weighted by molar-refractivity contribution is 0.103. The molecule has 6 nitrogen and oxygen atoms in total. The highest BCUT2D eigenvalue weighted by atomic mass is 32.2. The van der Waals surface area contributed by atoms with Crippen LogP contribution in [0.25, 0.3) is 11.0 Å². The lowest BCUT2D eigenvalue weighted by atomic mass is 10.3. The summed E-state index contributed by atoms with van der Waals surface area (Å²) in [7, 11) is 0. The third-order valence-corrected chi connectivity index (χ3v) is 4.37. The Bertz CT molecular complexity index is 872. The minimum Gasteiger partial charge on any atom is -0.321 e. The number of rotatable bonds is 3. The second kappa shape index (κ2) is 5.66. The molecule has 0 aliphatic carbocycles. The van der Waals surface area contributed by atoms with Crippen LogP contribution in [0.3, 0.4) is 0 Å². The van der Waals surface area contributed by atoms with Crippen molar-refractivity contribution in [3.05, 3.63) is 45.8 Å². The summed E-state index contributed by atoms with van der Waals surface area (Å²) < 4.78 is 3.99. The molecule has 0 bridgehead atoms. The Morgan fingerprint density at radius 1 is 1.38 bits per heavy atom. The van der Waals surface area contributed by atoms with Crippen molar-refractivity contribution in [2.45, 2.75) is 4.90 Å². The van der Waals surface area contributed by atoms with E-state index < -0.39 is 0 Å². The number of hydrogen-bond acceptors (Lipinski definition) is 6. The van der Waals surface area contributed by atoms with Gasteiger partial charge in [0.25, 0.3) is 11.5 Å². The first-order valence-corrected chi connectivity index (χ1v) is 7.97. The Balaban J connectivity index is 1.94. The molecule has 8 heteroatoms. The van der Waals surface area contributed by atoms with Gasteiger partial charge in [-0.2, -0.15) is 4.37 Å². The molecule has 0 aliphatic heterocycles. The van der Waals surface area contributed by atoms with E-state index in [1.54, 1.807) is 17.8 Å². The first-order chi connectivity index (χ1) is 10.2. The lowest BCUT2D eigenvalue weighted by Gasteiger charge is -2.04. The van der Waals surface area contributed by atoms with Crippen molar-refractivity contribution in [2.75, 3.05) is 11.6 Å². The average Bonchev–Trinajstić information content (AvgIpc) is 2.93. The van der Waals surface area contributed by atoms with E-state index in [0.29, 0.717) is 16.1 Å². The third-order valence-electron chi connectivity index (χ3n) is 2.81. The Morgan fingerprint density at radius 3 is 3.05 bits per heavy atom. The molecule has 0 unspecified atom stereocenters. The second-order valence-electron chi connectivity index (χ2n) is 4.13. The average molecular weight is 318 g/mol. The number of carbonyl (C=O) groups excluding carboxylic acids is 1. The van der Waals surface area contributed by atoms with Crippen molar-refractivity contribution in [3.8, 4) is 0 Å². The van der Waals surface area contributed by atoms with E-state index in [-0.39, 0.29) is 17.0 Å². The molecule has 0 saturated heterocycles. The molecular formula is C13H10N4O2S2. The van der Waals surface area contributed by atoms with E-state index >= 15 is 0 Å². The number of aromatic amines is 1. The van der Waals surface area contributed by atoms with E-state index in [0.717, 1.165) is 16.4 Å². The summed E-state index contributed by atoms with van der Waals surface area (Å²) in [5.74, 6) is -0.321. The zero-order valence-electron chi connectivity index (χ0n) is 10.9. The molecule has 3 rings (SSSR count). The molecule has 0 aliphatic rings. The molecule has 2 aromatic heterocycles. The van der Waals surface area contributed by atoms with Gasteiger partial charge in [-0.15, -0.1) is 11.8 Å². The molecule has 1 aromatic carbocycles. The van der Waals surface area contributed by atoms with Crippen LogP contribution in [0.1, 0.15) is 9.67 Å². The van der Waals surface area contributed by atoms with Crippen LogP contribution in [0, 0.1) is 0 Å². The minimum absolute atomic E-state index is 0.186. The SMILES string of the molecule is CSc1cccc(NC(=O)c2snc3c(=O)[nH]cnc23)c1. The summed E-state index contributed by atoms with van der Waals surface area (Å²) in [5, 5.41) is 2.80. The zero-order chi connectivity index (χ0) is 14.8. The van der Waals surface area contributed by atoms with Gasteiger partial charge in [0, 0.05) is 10.6 Å². The second-order valence-corrected chi connectivity index (χ2v) is 5.78. The number of H-pyrrole nitrogens is 1. The fourth-order valence-electron chi connectivity index (χ4n) is 1.82. The number of thioether (sulfide) groups is 1. The first-order valence-electron chi connectivity index (χ1n) is 5.97. The number of anilines is 1. The van der Waals surface area contributed by atoms with Crippen molar-refractivity contribution in [1.82, 2.24) is 14.3 Å². The van der Waals surface area contributed by atoms with Crippen molar-refractivity contribution in [1.29, 1.82) is 0 Å². The van der Waals surface area contributed by atoms with Crippen LogP contribution in [0.5, 0.6) is 0 Å². The number of fused-ring (bicyclic) bond motifs is 1. The van der Waals surface area contributed by atoms with Crippen LogP contribution in [-0.2, 0) is 0 Å². The van der Waals surface area contributed by atoms with Crippen molar-refractivity contribution >= 4 is 45.9 Å². The van der Waals surface area contributed by atoms with Crippen molar-refractivity contribution in [3.63, 3.8) is 0 Å². The Morgan fingerprint density at radius 2 is 2.24 bits per heavy atom. The molecule has 106 valence electrons. The summed E-state index contributed by atoms with van der Waals surface area (Å²) >= 11 is 2.56. The number of aromatic nitrogens is 3. The summed E-state index contributed by atoms with van der Waals surface area (Å²) in [6.07, 6.45) is 3.23. The monoisotopic (exact) mass is 318 g/mol. The zero-order valence-corrected chi connectivity index (χ0v) is 12.5. The smallest absolute Gasteiger partial charge is 0.278 e. The first kappa shape index (κ1) is 13.8. The number of nitrogens with zero attached hydrogens (tertiary/aromatic N) is 2. The van der Waals surface area contributed by atoms with Crippen LogP contribution in [0.15, 0.2) is 40.3 Å². The number of benzene rings is 1. The summed E-state index contributed by atoms with van der Waals surface area (Å²) in [4.78, 5) is 31.7. The van der Waals surface area contributed by atoms with Crippen LogP contribution in [0.2, 0.25) is 0 Å². The Hall–Kier alpha value is -2.19. The Labute approximate surface area is 127 Å². The number of amides is 1. The van der Waals surface area contributed by atoms with Crippen LogP contribution < -0.4 is 10.9 Å². The van der Waals surface area contributed by atoms with E-state index in [2.05, 4.69) is 19.7 Å². The van der Waals surface area contributed by atoms with Crippen molar-refractivity contribution in [2.24, 2.45) is 0 Å². The van der Waals surface area contributed by atoms with Crippen LogP contribution >= 0.6 is 23.3 Å². The maximum atomic E-state index is 12.3. The standard InChI is InChI=1S/C13H10N4O2S2/c1-20-8-4-2-3-7(5-8)16-13(19)11-9-10(17-21-11)12(18)15-6-14-9/h2-6H,1H3,(H,16,19)(H,14,15,18). The van der Waals surface area contributed by atoms with Gasteiger partial charge in [0.05, 0.1) is 6.33 Å². The van der Waals surface area contributed by atoms with Gasteiger partial charge in [0.15, 0.2) is 5.52 Å². The molecule has 2 N–H and O–H groups in total. The molecule has 1 amide bonds. The van der Waals surface area contributed by atoms with E-state index in [1.807, 2.05) is 24.5 Å². The Kier molecular flexibility index (Phi) is 3.72. The quantitative estimate of drug-likeness (QED) is 0.724. The minimum atomic E-state index is -0.348. The summed E-state index contributed by atoms with van der Waals surface area (Å²) in [5.41, 5.74) is 0.853. The molecule has 0 radical (unpaired) electrons. The van der Waals surface area contributed by atoms with Gasteiger partial charge in [0.2, 0.25) is 0 Å². The van der Waals surface area contributed by atoms with Gasteiger partial charge in [-0.1, -0.05) is 6.07 Å². The van der Waals surface area contributed by atoms with Crippen molar-refractivity contribution < 1.29 is 4.79 Å². The van der Waals surface area contributed by atoms with Crippen LogP contribution in [0.4, 0.5) is 5.69 Å². The van der Waals surface area contributed by atoms with Gasteiger partial charge in [-0.3, -0.25) is 9.59 Å². The fraction of sp³-hybridized carbons (Fsp3) is 0.0769. The summed E-state index contributed by atoms with van der Waals surface area (Å²) in [6.45, 7) is 0. The normalized spacial score (nSPS) is 10.7. The number of nitrogens with one attached hydrogen (secondary N) is 2. The van der Waals surface area contributed by atoms with E-state index in [9.17, 15) is 9.59 Å². The maximum Gasteiger partial charge on any atom is 0.278 e. The maximum absolute atomic E-state index is 12.3. The van der Waals surface area contributed by atoms with Gasteiger partial charge in [-0.05, 0) is 36.0 Å². The number of hydrogen-bond donors (Lipinski definition) is 2. The third kappa shape index (κ3) is 2.67. The van der Waals surface area contributed by atoms with Gasteiger partial charge >= 0.3 is 0 Å². The topological polar surface area (TPSA) is 87.7 Å². The van der Waals surface area contributed by atoms with E-state index in [1.165, 1.54) is 6.33 Å². The predicted octanol–water partition coefficient (Wildman–Crippen LogP) is 2.35. The van der Waals surface area contributed by atoms with Gasteiger partial charge < -0.3 is 10.3 Å². The molecule has 0 fully saturated rings. The van der Waals surface area contributed by atoms with E-state index in [4.69, 9.17) is 0 Å². The molecule has 2 heterocycles. The summed E-state index contributed by atoms with van der Waals surface area (Å²) in [6, 6.07) is 7.52. The molecule has 0 spiro atoms. The van der Waals surface area contributed by atoms with Gasteiger partial charge in [0.1, 0.15) is 10.4 Å². The highest BCUT2D eigenvalue weighted by Gasteiger charge is 2.17. The highest BCUT2D eigenvalue weighted by Crippen LogP contribution is 2.22. The molecular weight excluding hydrogens is 308 g/mol. The van der Waals surface area contributed by atoms with Gasteiger partial charge in [-0.25, -0.2) is 4.98 Å². The molecule has 3 aromatic rings. The molecule has 0 saturated carbocycles. The lowest BCUT2D eigenvalue weighted by Crippen LogP contribution is -2.12. The molecule has 21 heavy (non-hydrogen) atoms. The highest BCUT2D eigenvalue weighted by molar-refractivity contribution is 7.98. The van der Waals surface area contributed by atoms with Crippen LogP contribution in [-0.4, -0.2) is 26.5 Å². The largest absolute Gasteiger partial charge is 0.321 e. The predicted molar refractivity (Wildman–Crippen MR) is 84.2 cm³/mol. The fourth-order valence-corrected chi connectivity index (χ4v) is 3.00. The number of carbonyl (C=O) groups is 1. The molecule has 0 atom stereocenters.